The molecule has 1 amide bonds. The molecular weight excluding hydrogens is 422 g/mol. The number of aliphatic hydroxyl groups excluding tert-OH is 1. The number of carbonyl (C=O) groups is 2. The Morgan fingerprint density at radius 2 is 1.87 bits per heavy atom. The zero-order valence-electron chi connectivity index (χ0n) is 17.0. The highest BCUT2D eigenvalue weighted by Gasteiger charge is 2.26. The normalized spacial score (nSPS) is 12.0. The molecule has 9 heteroatoms. The number of rotatable bonds is 10. The Hall–Kier alpha value is -2.57. The highest BCUT2D eigenvalue weighted by molar-refractivity contribution is 7.82. The molecule has 0 unspecified atom stereocenters. The predicted octanol–water partition coefficient (Wildman–Crippen LogP) is 5.09. The van der Waals surface area contributed by atoms with Gasteiger partial charge in [0.15, 0.2) is 5.57 Å². The number of carboxylic acids is 1. The van der Waals surface area contributed by atoms with Crippen molar-refractivity contribution < 1.29 is 19.8 Å². The van der Waals surface area contributed by atoms with E-state index in [2.05, 4.69) is 17.6 Å². The van der Waals surface area contributed by atoms with E-state index in [1.54, 1.807) is 12.1 Å². The molecule has 0 aliphatic heterocycles. The molecule has 30 heavy (non-hydrogen) atoms. The molecule has 1 aromatic carbocycles. The summed E-state index contributed by atoms with van der Waals surface area (Å²) in [5.74, 6) is -1.61. The maximum Gasteiger partial charge on any atom is 0.303 e. The highest BCUT2D eigenvalue weighted by Crippen LogP contribution is 2.30. The van der Waals surface area contributed by atoms with Crippen molar-refractivity contribution in [1.82, 2.24) is 4.98 Å². The predicted molar refractivity (Wildman–Crippen MR) is 120 cm³/mol. The summed E-state index contributed by atoms with van der Waals surface area (Å²) in [6.45, 7) is 3.68. The van der Waals surface area contributed by atoms with E-state index < -0.39 is 11.9 Å². The number of nitrogens with zero attached hydrogens (tertiary/aromatic N) is 3. The lowest BCUT2D eigenvalue weighted by Gasteiger charge is -2.27. The summed E-state index contributed by atoms with van der Waals surface area (Å²) in [6, 6.07) is 7.02. The molecule has 0 atom stereocenters. The summed E-state index contributed by atoms with van der Waals surface area (Å²) in [6.07, 6.45) is 2.89. The van der Waals surface area contributed by atoms with Gasteiger partial charge < -0.3 is 15.1 Å². The van der Waals surface area contributed by atoms with Gasteiger partial charge in [-0.1, -0.05) is 12.8 Å². The second-order valence-electron chi connectivity index (χ2n) is 7.16. The van der Waals surface area contributed by atoms with Crippen molar-refractivity contribution in [3.05, 3.63) is 29.5 Å². The third kappa shape index (κ3) is 6.21. The number of anilines is 1. The van der Waals surface area contributed by atoms with Gasteiger partial charge in [-0.2, -0.15) is 5.26 Å². The van der Waals surface area contributed by atoms with Gasteiger partial charge in [0.2, 0.25) is 0 Å². The van der Waals surface area contributed by atoms with E-state index in [-0.39, 0.29) is 30.2 Å². The molecule has 0 aliphatic rings. The van der Waals surface area contributed by atoms with Crippen LogP contribution in [0.15, 0.2) is 33.9 Å². The summed E-state index contributed by atoms with van der Waals surface area (Å²) in [4.78, 5) is 29.4. The number of nitriles is 1. The Balaban J connectivity index is 2.15. The van der Waals surface area contributed by atoms with Crippen molar-refractivity contribution in [2.45, 2.75) is 62.8 Å². The minimum absolute atomic E-state index is 0.117. The first-order valence-corrected chi connectivity index (χ1v) is 11.0. The van der Waals surface area contributed by atoms with Crippen LogP contribution in [0, 0.1) is 11.3 Å². The van der Waals surface area contributed by atoms with Gasteiger partial charge in [0.25, 0.3) is 5.91 Å². The van der Waals surface area contributed by atoms with Crippen LogP contribution in [0.4, 0.5) is 5.69 Å². The van der Waals surface area contributed by atoms with E-state index in [0.29, 0.717) is 29.3 Å². The van der Waals surface area contributed by atoms with Gasteiger partial charge in [-0.25, -0.2) is 4.98 Å². The second kappa shape index (κ2) is 11.0. The molecule has 0 radical (unpaired) electrons. The fraction of sp³-hybridized carbons (Fsp3) is 0.429. The lowest BCUT2D eigenvalue weighted by atomic mass is 10.1. The number of hydrogen-bond donors (Lipinski definition) is 3. The number of allylic oxidation sites excluding steroid dienone is 1. The Morgan fingerprint density at radius 1 is 1.20 bits per heavy atom. The van der Waals surface area contributed by atoms with E-state index in [1.165, 1.54) is 16.2 Å². The molecule has 2 N–H and O–H groups in total. The van der Waals surface area contributed by atoms with Crippen molar-refractivity contribution in [2.75, 3.05) is 4.90 Å². The van der Waals surface area contributed by atoms with Crippen LogP contribution in [0.25, 0.3) is 10.2 Å². The standard InChI is InChI=1S/C21H25N3O4S2/c1-13(2)24(14-9-10-16-18(11-14)30-21(29)23-16)20(28)15(12-22)17(25)7-5-3-4-6-8-19(26)27/h9-11,13,25H,3-8H2,1-2H3,(H,23,29)(H,26,27). The Labute approximate surface area is 185 Å². The fourth-order valence-electron chi connectivity index (χ4n) is 3.10. The molecule has 1 aromatic heterocycles. The Kier molecular flexibility index (Phi) is 8.69. The number of hydrogen-bond acceptors (Lipinski definition) is 7. The van der Waals surface area contributed by atoms with Crippen molar-refractivity contribution in [3.63, 3.8) is 0 Å². The molecule has 0 spiro atoms. The molecule has 0 bridgehead atoms. The monoisotopic (exact) mass is 447 g/mol. The smallest absolute Gasteiger partial charge is 0.303 e. The average Bonchev–Trinajstić information content (AvgIpc) is 3.04. The lowest BCUT2D eigenvalue weighted by Crippen LogP contribution is -2.38. The number of fused-ring (bicyclic) bond motifs is 1. The third-order valence-electron chi connectivity index (χ3n) is 4.54. The van der Waals surface area contributed by atoms with Crippen molar-refractivity contribution in [3.8, 4) is 6.07 Å². The molecule has 160 valence electrons. The number of thiazole rings is 1. The summed E-state index contributed by atoms with van der Waals surface area (Å²) in [5.41, 5.74) is 1.13. The number of carboxylic acid groups (broad SMARTS) is 1. The van der Waals surface area contributed by atoms with Crippen LogP contribution >= 0.6 is 24.0 Å². The minimum atomic E-state index is -0.828. The Bertz CT molecular complexity index is 992. The molecule has 0 saturated heterocycles. The van der Waals surface area contributed by atoms with E-state index in [9.17, 15) is 20.0 Å². The number of carbonyl (C=O) groups excluding carboxylic acids is 1. The van der Waals surface area contributed by atoms with Gasteiger partial charge in [-0.3, -0.25) is 9.59 Å². The molecule has 2 aromatic rings. The third-order valence-corrected chi connectivity index (χ3v) is 5.74. The van der Waals surface area contributed by atoms with Gasteiger partial charge >= 0.3 is 5.97 Å². The zero-order chi connectivity index (χ0) is 22.3. The van der Waals surface area contributed by atoms with Gasteiger partial charge in [0.05, 0.1) is 10.2 Å². The quantitative estimate of drug-likeness (QED) is 0.154. The fourth-order valence-corrected chi connectivity index (χ4v) is 4.25. The first kappa shape index (κ1) is 23.7. The summed E-state index contributed by atoms with van der Waals surface area (Å²) in [7, 11) is 0. The molecule has 0 aliphatic carbocycles. The van der Waals surface area contributed by atoms with Crippen LogP contribution < -0.4 is 4.90 Å². The van der Waals surface area contributed by atoms with Crippen molar-refractivity contribution in [2.24, 2.45) is 0 Å². The van der Waals surface area contributed by atoms with Crippen molar-refractivity contribution >= 4 is 51.7 Å². The molecule has 7 nitrogen and oxygen atoms in total. The van der Waals surface area contributed by atoms with Gasteiger partial charge in [0, 0.05) is 24.6 Å². The molecule has 0 saturated carbocycles. The zero-order valence-corrected chi connectivity index (χ0v) is 18.7. The average molecular weight is 448 g/mol. The van der Waals surface area contributed by atoms with Crippen LogP contribution in [0.1, 0.15) is 52.4 Å². The molecule has 1 heterocycles. The summed E-state index contributed by atoms with van der Waals surface area (Å²) in [5, 5.41) is 28.5. The summed E-state index contributed by atoms with van der Waals surface area (Å²) < 4.78 is 1.51. The number of aliphatic carboxylic acids is 1. The molecule has 2 rings (SSSR count). The number of unbranched alkanes of at least 4 members (excludes halogenated alkanes) is 3. The first-order chi connectivity index (χ1) is 14.2. The first-order valence-electron chi connectivity index (χ1n) is 9.71. The number of amides is 1. The van der Waals surface area contributed by atoms with Gasteiger partial charge in [-0.05, 0) is 44.9 Å². The van der Waals surface area contributed by atoms with Crippen LogP contribution in [-0.4, -0.2) is 33.1 Å². The second-order valence-corrected chi connectivity index (χ2v) is 8.92. The topological polar surface area (TPSA) is 115 Å². The summed E-state index contributed by atoms with van der Waals surface area (Å²) >= 11 is 5.66. The van der Waals surface area contributed by atoms with Crippen LogP contribution in [-0.2, 0) is 9.59 Å². The van der Waals surface area contributed by atoms with Gasteiger partial charge in [0.1, 0.15) is 16.2 Å². The number of benzene rings is 1. The Morgan fingerprint density at radius 3 is 2.47 bits per heavy atom. The van der Waals surface area contributed by atoms with E-state index in [4.69, 9.17) is 5.11 Å². The van der Waals surface area contributed by atoms with Crippen LogP contribution in [0.2, 0.25) is 0 Å². The van der Waals surface area contributed by atoms with Gasteiger partial charge in [-0.15, -0.1) is 24.0 Å². The molecular formula is C21H25N3O4S2. The lowest BCUT2D eigenvalue weighted by molar-refractivity contribution is -0.137. The highest BCUT2D eigenvalue weighted by atomic mass is 32.2. The van der Waals surface area contributed by atoms with E-state index >= 15 is 0 Å². The van der Waals surface area contributed by atoms with E-state index in [0.717, 1.165) is 16.6 Å². The minimum Gasteiger partial charge on any atom is -0.511 e. The SMILES string of the molecule is CC(C)N(C(=O)C(C#N)=C(O)CCCCCCC(=O)O)c1ccc2nc(S)sc2c1. The molecule has 0 fully saturated rings. The largest absolute Gasteiger partial charge is 0.511 e. The maximum atomic E-state index is 13.1. The van der Waals surface area contributed by atoms with Crippen LogP contribution in [0.5, 0.6) is 0 Å². The van der Waals surface area contributed by atoms with Crippen molar-refractivity contribution in [1.29, 1.82) is 5.26 Å². The number of aromatic nitrogens is 1. The van der Waals surface area contributed by atoms with E-state index in [1.807, 2.05) is 26.0 Å². The van der Waals surface area contributed by atoms with Crippen LogP contribution in [0.3, 0.4) is 0 Å². The maximum absolute atomic E-state index is 13.1. The number of aliphatic hydroxyl groups is 1. The number of thiol groups is 1.